The monoisotopic (exact) mass is 415 g/mol. The van der Waals surface area contributed by atoms with Gasteiger partial charge in [0.15, 0.2) is 0 Å². The maximum Gasteiger partial charge on any atom is 0.242 e. The smallest absolute Gasteiger partial charge is 0.242 e. The molecule has 5 nitrogen and oxygen atoms in total. The van der Waals surface area contributed by atoms with Gasteiger partial charge in [0.25, 0.3) is 0 Å². The van der Waals surface area contributed by atoms with E-state index in [-0.39, 0.29) is 24.8 Å². The Morgan fingerprint density at radius 3 is 2.32 bits per heavy atom. The number of amides is 2. The number of benzene rings is 3. The van der Waals surface area contributed by atoms with E-state index < -0.39 is 0 Å². The Labute approximate surface area is 183 Å². The van der Waals surface area contributed by atoms with Crippen LogP contribution in [0.25, 0.3) is 10.8 Å². The second-order valence-electron chi connectivity index (χ2n) is 8.05. The van der Waals surface area contributed by atoms with E-state index in [9.17, 15) is 9.59 Å². The number of carbonyl (C=O) groups excluding carboxylic acids is 2. The molecule has 1 aliphatic rings. The Bertz CT molecular complexity index is 1020. The third-order valence-electron chi connectivity index (χ3n) is 5.95. The molecule has 0 aromatic heterocycles. The fourth-order valence-corrected chi connectivity index (χ4v) is 4.12. The van der Waals surface area contributed by atoms with Gasteiger partial charge in [-0.2, -0.15) is 0 Å². The molecule has 0 unspecified atom stereocenters. The molecule has 0 bridgehead atoms. The minimum atomic E-state index is -0.119. The van der Waals surface area contributed by atoms with Crippen LogP contribution in [0.15, 0.2) is 72.8 Å². The molecule has 0 atom stereocenters. The lowest BCUT2D eigenvalue weighted by Gasteiger charge is -2.34. The maximum atomic E-state index is 12.5. The van der Waals surface area contributed by atoms with E-state index in [0.717, 1.165) is 42.4 Å². The Balaban J connectivity index is 1.20. The largest absolute Gasteiger partial charge is 0.347 e. The van der Waals surface area contributed by atoms with E-state index in [1.165, 1.54) is 5.56 Å². The van der Waals surface area contributed by atoms with Crippen molar-refractivity contribution in [3.05, 3.63) is 83.9 Å². The van der Waals surface area contributed by atoms with Crippen molar-refractivity contribution in [2.45, 2.75) is 12.8 Å². The summed E-state index contributed by atoms with van der Waals surface area (Å²) in [6, 6.07) is 24.5. The van der Waals surface area contributed by atoms with Gasteiger partial charge in [-0.1, -0.05) is 72.8 Å². The van der Waals surface area contributed by atoms with Crippen LogP contribution in [0.5, 0.6) is 0 Å². The van der Waals surface area contributed by atoms with Crippen LogP contribution in [-0.4, -0.2) is 60.9 Å². The summed E-state index contributed by atoms with van der Waals surface area (Å²) in [5, 5.41) is 5.01. The second-order valence-corrected chi connectivity index (χ2v) is 8.05. The molecule has 0 radical (unpaired) electrons. The van der Waals surface area contributed by atoms with E-state index in [4.69, 9.17) is 0 Å². The standard InChI is InChI=1S/C26H29N3O2/c30-25(19-23-11-6-10-22-9-4-5-12-24(22)23)27-20-26(31)29-17-15-28(16-18-29)14-13-21-7-2-1-3-8-21/h1-12H,13-20H2,(H,27,30). The molecule has 1 heterocycles. The van der Waals surface area contributed by atoms with E-state index in [0.29, 0.717) is 13.1 Å². The summed E-state index contributed by atoms with van der Waals surface area (Å²) < 4.78 is 0. The minimum Gasteiger partial charge on any atom is -0.347 e. The van der Waals surface area contributed by atoms with Crippen molar-refractivity contribution in [3.63, 3.8) is 0 Å². The molecule has 160 valence electrons. The highest BCUT2D eigenvalue weighted by Gasteiger charge is 2.21. The first-order valence-electron chi connectivity index (χ1n) is 11.0. The van der Waals surface area contributed by atoms with Crippen molar-refractivity contribution in [3.8, 4) is 0 Å². The van der Waals surface area contributed by atoms with Crippen molar-refractivity contribution < 1.29 is 9.59 Å². The van der Waals surface area contributed by atoms with Crippen LogP contribution in [0.2, 0.25) is 0 Å². The number of piperazine rings is 1. The lowest BCUT2D eigenvalue weighted by Crippen LogP contribution is -2.51. The van der Waals surface area contributed by atoms with E-state index in [2.05, 4.69) is 34.5 Å². The molecule has 31 heavy (non-hydrogen) atoms. The number of carbonyl (C=O) groups is 2. The molecule has 0 aliphatic carbocycles. The predicted octanol–water partition coefficient (Wildman–Crippen LogP) is 2.89. The third-order valence-corrected chi connectivity index (χ3v) is 5.95. The summed E-state index contributed by atoms with van der Waals surface area (Å²) >= 11 is 0. The molecular weight excluding hydrogens is 386 g/mol. The Morgan fingerprint density at radius 1 is 0.806 bits per heavy atom. The zero-order chi connectivity index (χ0) is 21.5. The normalized spacial score (nSPS) is 14.5. The first kappa shape index (κ1) is 21.1. The highest BCUT2D eigenvalue weighted by molar-refractivity contribution is 5.91. The lowest BCUT2D eigenvalue weighted by molar-refractivity contribution is -0.134. The van der Waals surface area contributed by atoms with Crippen LogP contribution in [0.1, 0.15) is 11.1 Å². The molecule has 3 aromatic rings. The van der Waals surface area contributed by atoms with Crippen molar-refractivity contribution in [1.29, 1.82) is 0 Å². The summed E-state index contributed by atoms with van der Waals surface area (Å²) in [6.07, 6.45) is 1.31. The van der Waals surface area contributed by atoms with Gasteiger partial charge in [0.2, 0.25) is 11.8 Å². The summed E-state index contributed by atoms with van der Waals surface area (Å²) in [5.74, 6) is -0.125. The van der Waals surface area contributed by atoms with Gasteiger partial charge in [0.1, 0.15) is 0 Å². The molecule has 1 fully saturated rings. The molecule has 0 saturated carbocycles. The van der Waals surface area contributed by atoms with Crippen LogP contribution in [0, 0.1) is 0 Å². The maximum absolute atomic E-state index is 12.5. The van der Waals surface area contributed by atoms with Crippen LogP contribution in [0.4, 0.5) is 0 Å². The molecule has 0 spiro atoms. The number of hydrogen-bond donors (Lipinski definition) is 1. The van der Waals surface area contributed by atoms with Gasteiger partial charge in [-0.15, -0.1) is 0 Å². The molecule has 5 heteroatoms. The zero-order valence-electron chi connectivity index (χ0n) is 17.8. The van der Waals surface area contributed by atoms with Crippen molar-refractivity contribution in [2.75, 3.05) is 39.3 Å². The number of nitrogens with one attached hydrogen (secondary N) is 1. The highest BCUT2D eigenvalue weighted by Crippen LogP contribution is 2.18. The number of rotatable bonds is 7. The second kappa shape index (κ2) is 10.2. The summed E-state index contributed by atoms with van der Waals surface area (Å²) in [4.78, 5) is 29.2. The number of hydrogen-bond acceptors (Lipinski definition) is 3. The van der Waals surface area contributed by atoms with Crippen LogP contribution >= 0.6 is 0 Å². The summed E-state index contributed by atoms with van der Waals surface area (Å²) in [5.41, 5.74) is 2.32. The Morgan fingerprint density at radius 2 is 1.52 bits per heavy atom. The molecule has 4 rings (SSSR count). The van der Waals surface area contributed by atoms with Gasteiger partial charge < -0.3 is 10.2 Å². The summed E-state index contributed by atoms with van der Waals surface area (Å²) in [7, 11) is 0. The van der Waals surface area contributed by atoms with Gasteiger partial charge in [-0.3, -0.25) is 14.5 Å². The number of fused-ring (bicyclic) bond motifs is 1. The fraction of sp³-hybridized carbons (Fsp3) is 0.308. The van der Waals surface area contributed by atoms with Crippen molar-refractivity contribution in [1.82, 2.24) is 15.1 Å². The minimum absolute atomic E-state index is 0.00557. The van der Waals surface area contributed by atoms with E-state index >= 15 is 0 Å². The Hall–Kier alpha value is -3.18. The van der Waals surface area contributed by atoms with E-state index in [1.807, 2.05) is 53.4 Å². The average molecular weight is 416 g/mol. The third kappa shape index (κ3) is 5.70. The van der Waals surface area contributed by atoms with Crippen molar-refractivity contribution >= 4 is 22.6 Å². The van der Waals surface area contributed by atoms with Gasteiger partial charge in [-0.25, -0.2) is 0 Å². The van der Waals surface area contributed by atoms with Crippen LogP contribution in [-0.2, 0) is 22.4 Å². The van der Waals surface area contributed by atoms with Gasteiger partial charge in [0.05, 0.1) is 13.0 Å². The Kier molecular flexibility index (Phi) is 6.95. The molecule has 2 amide bonds. The quantitative estimate of drug-likeness (QED) is 0.646. The number of nitrogens with zero attached hydrogens (tertiary/aromatic N) is 2. The van der Waals surface area contributed by atoms with Crippen LogP contribution < -0.4 is 5.32 Å². The lowest BCUT2D eigenvalue weighted by atomic mass is 10.0. The first-order valence-corrected chi connectivity index (χ1v) is 11.0. The van der Waals surface area contributed by atoms with Gasteiger partial charge in [-0.05, 0) is 28.3 Å². The average Bonchev–Trinajstić information content (AvgIpc) is 2.82. The van der Waals surface area contributed by atoms with Gasteiger partial charge >= 0.3 is 0 Å². The predicted molar refractivity (Wildman–Crippen MR) is 124 cm³/mol. The highest BCUT2D eigenvalue weighted by atomic mass is 16.2. The van der Waals surface area contributed by atoms with Gasteiger partial charge in [0, 0.05) is 32.7 Å². The molecular formula is C26H29N3O2. The first-order chi connectivity index (χ1) is 15.2. The topological polar surface area (TPSA) is 52.7 Å². The molecule has 1 N–H and O–H groups in total. The molecule has 3 aromatic carbocycles. The SMILES string of the molecule is O=C(Cc1cccc2ccccc12)NCC(=O)N1CCN(CCc2ccccc2)CC1. The molecule has 1 saturated heterocycles. The molecule has 1 aliphatic heterocycles. The van der Waals surface area contributed by atoms with E-state index in [1.54, 1.807) is 0 Å². The zero-order valence-corrected chi connectivity index (χ0v) is 17.8. The van der Waals surface area contributed by atoms with Crippen LogP contribution in [0.3, 0.4) is 0 Å². The fourth-order valence-electron chi connectivity index (χ4n) is 4.12. The van der Waals surface area contributed by atoms with Crippen molar-refractivity contribution in [2.24, 2.45) is 0 Å². The summed E-state index contributed by atoms with van der Waals surface area (Å²) in [6.45, 7) is 4.26.